The maximum absolute atomic E-state index is 12.6. The average molecular weight is 472 g/mol. The molecule has 1 aromatic heterocycles. The molecule has 2 aromatic rings. The van der Waals surface area contributed by atoms with Crippen LogP contribution in [0.4, 0.5) is 0 Å². The monoisotopic (exact) mass is 469 g/mol. The van der Waals surface area contributed by atoms with Crippen molar-refractivity contribution in [1.82, 2.24) is 4.90 Å². The number of rotatable bonds is 3. The first kappa shape index (κ1) is 17.3. The summed E-state index contributed by atoms with van der Waals surface area (Å²) in [6.45, 7) is 1.93. The standard InChI is InChI=1S/C14H11Br2Cl2NOS/c1-7(9-4-3-8(17)5-11(9)18)19(2)14(20)10-6-12(15)21-13(10)16/h3-7H,1-2H3. The Hall–Kier alpha value is -0.0700. The smallest absolute Gasteiger partial charge is 0.256 e. The molecular formula is C14H11Br2Cl2NOS. The highest BCUT2D eigenvalue weighted by molar-refractivity contribution is 9.12. The Labute approximate surface area is 154 Å². The topological polar surface area (TPSA) is 20.3 Å². The Morgan fingerprint density at radius 3 is 2.48 bits per heavy atom. The molecule has 0 saturated carbocycles. The molecule has 0 aliphatic carbocycles. The molecule has 0 saturated heterocycles. The predicted molar refractivity (Wildman–Crippen MR) is 96.7 cm³/mol. The Kier molecular flexibility index (Phi) is 5.77. The molecule has 0 bridgehead atoms. The highest BCUT2D eigenvalue weighted by Gasteiger charge is 2.23. The molecule has 1 aromatic carbocycles. The second-order valence-electron chi connectivity index (χ2n) is 4.50. The van der Waals surface area contributed by atoms with E-state index in [1.165, 1.54) is 11.3 Å². The molecule has 0 spiro atoms. The molecule has 0 aliphatic rings. The molecule has 2 nitrogen and oxygen atoms in total. The van der Waals surface area contributed by atoms with Crippen molar-refractivity contribution < 1.29 is 4.79 Å². The van der Waals surface area contributed by atoms with Gasteiger partial charge in [0.15, 0.2) is 0 Å². The van der Waals surface area contributed by atoms with E-state index in [1.807, 2.05) is 19.1 Å². The lowest BCUT2D eigenvalue weighted by atomic mass is 10.1. The molecule has 0 N–H and O–H groups in total. The molecule has 7 heteroatoms. The molecule has 0 aliphatic heterocycles. The van der Waals surface area contributed by atoms with Crippen molar-refractivity contribution in [3.05, 3.63) is 53.0 Å². The third-order valence-corrected chi connectivity index (χ3v) is 6.10. The van der Waals surface area contributed by atoms with Crippen LogP contribution in [-0.2, 0) is 0 Å². The van der Waals surface area contributed by atoms with Gasteiger partial charge in [0.05, 0.1) is 19.2 Å². The van der Waals surface area contributed by atoms with Crippen LogP contribution in [0, 0.1) is 0 Å². The van der Waals surface area contributed by atoms with Crippen LogP contribution in [0.3, 0.4) is 0 Å². The normalized spacial score (nSPS) is 12.3. The maximum atomic E-state index is 12.6. The van der Waals surface area contributed by atoms with Crippen LogP contribution in [0.1, 0.15) is 28.9 Å². The van der Waals surface area contributed by atoms with Crippen LogP contribution in [0.2, 0.25) is 10.0 Å². The zero-order chi connectivity index (χ0) is 15.7. The molecule has 21 heavy (non-hydrogen) atoms. The van der Waals surface area contributed by atoms with Crippen molar-refractivity contribution in [1.29, 1.82) is 0 Å². The van der Waals surface area contributed by atoms with Crippen molar-refractivity contribution in [2.75, 3.05) is 7.05 Å². The summed E-state index contributed by atoms with van der Waals surface area (Å²) in [5.41, 5.74) is 1.49. The van der Waals surface area contributed by atoms with Gasteiger partial charge in [0.25, 0.3) is 5.91 Å². The zero-order valence-electron chi connectivity index (χ0n) is 11.2. The van der Waals surface area contributed by atoms with E-state index in [9.17, 15) is 4.79 Å². The molecule has 1 atom stereocenters. The number of carbonyl (C=O) groups is 1. The van der Waals surface area contributed by atoms with Gasteiger partial charge in [-0.15, -0.1) is 11.3 Å². The van der Waals surface area contributed by atoms with Gasteiger partial charge >= 0.3 is 0 Å². The molecule has 1 amide bonds. The minimum absolute atomic E-state index is 0.0673. The lowest BCUT2D eigenvalue weighted by Gasteiger charge is -2.26. The summed E-state index contributed by atoms with van der Waals surface area (Å²) < 4.78 is 1.71. The highest BCUT2D eigenvalue weighted by atomic mass is 79.9. The predicted octanol–water partition coefficient (Wildman–Crippen LogP) is 6.41. The van der Waals surface area contributed by atoms with E-state index in [4.69, 9.17) is 23.2 Å². The van der Waals surface area contributed by atoms with Gasteiger partial charge in [-0.2, -0.15) is 0 Å². The highest BCUT2D eigenvalue weighted by Crippen LogP contribution is 2.35. The first-order valence-corrected chi connectivity index (χ1v) is 9.14. The van der Waals surface area contributed by atoms with Crippen molar-refractivity contribution in [2.24, 2.45) is 0 Å². The average Bonchev–Trinajstić information content (AvgIpc) is 2.75. The number of benzene rings is 1. The van der Waals surface area contributed by atoms with Crippen LogP contribution in [0.15, 0.2) is 31.8 Å². The van der Waals surface area contributed by atoms with Gasteiger partial charge < -0.3 is 4.90 Å². The number of carbonyl (C=O) groups excluding carboxylic acids is 1. The quantitative estimate of drug-likeness (QED) is 0.506. The lowest BCUT2D eigenvalue weighted by molar-refractivity contribution is 0.0742. The summed E-state index contributed by atoms with van der Waals surface area (Å²) in [6, 6.07) is 6.95. The van der Waals surface area contributed by atoms with Crippen LogP contribution in [-0.4, -0.2) is 17.9 Å². The largest absolute Gasteiger partial charge is 0.335 e. The fourth-order valence-corrected chi connectivity index (χ4v) is 5.24. The van der Waals surface area contributed by atoms with E-state index < -0.39 is 0 Å². The van der Waals surface area contributed by atoms with Crippen molar-refractivity contribution >= 4 is 72.3 Å². The fourth-order valence-electron chi connectivity index (χ4n) is 1.90. The second-order valence-corrected chi connectivity index (χ2v) is 9.09. The summed E-state index contributed by atoms with van der Waals surface area (Å²) in [4.78, 5) is 14.2. The molecule has 0 fully saturated rings. The minimum Gasteiger partial charge on any atom is -0.335 e. The lowest BCUT2D eigenvalue weighted by Crippen LogP contribution is -2.29. The van der Waals surface area contributed by atoms with E-state index in [0.29, 0.717) is 15.6 Å². The number of halogens is 4. The Balaban J connectivity index is 2.28. The zero-order valence-corrected chi connectivity index (χ0v) is 16.7. The number of amides is 1. The van der Waals surface area contributed by atoms with Gasteiger partial charge in [0.2, 0.25) is 0 Å². The van der Waals surface area contributed by atoms with Crippen molar-refractivity contribution in [3.63, 3.8) is 0 Å². The first-order valence-electron chi connectivity index (χ1n) is 5.98. The van der Waals surface area contributed by atoms with Gasteiger partial charge in [-0.1, -0.05) is 29.3 Å². The number of hydrogen-bond acceptors (Lipinski definition) is 2. The number of nitrogens with zero attached hydrogens (tertiary/aromatic N) is 1. The SMILES string of the molecule is CC(c1ccc(Cl)cc1Cl)N(C)C(=O)c1cc(Br)sc1Br. The van der Waals surface area contributed by atoms with Gasteiger partial charge in [-0.25, -0.2) is 0 Å². The summed E-state index contributed by atoms with van der Waals surface area (Å²) >= 11 is 20.4. The third kappa shape index (κ3) is 3.82. The summed E-state index contributed by atoms with van der Waals surface area (Å²) in [6.07, 6.45) is 0. The van der Waals surface area contributed by atoms with Crippen molar-refractivity contribution in [2.45, 2.75) is 13.0 Å². The van der Waals surface area contributed by atoms with E-state index >= 15 is 0 Å². The van der Waals surface area contributed by atoms with Gasteiger partial charge in [-0.3, -0.25) is 4.79 Å². The van der Waals surface area contributed by atoms with E-state index in [2.05, 4.69) is 31.9 Å². The summed E-state index contributed by atoms with van der Waals surface area (Å²) in [5.74, 6) is -0.0673. The Bertz CT molecular complexity index is 690. The van der Waals surface area contributed by atoms with Crippen molar-refractivity contribution in [3.8, 4) is 0 Å². The van der Waals surface area contributed by atoms with Crippen LogP contribution >= 0.6 is 66.4 Å². The molecule has 0 radical (unpaired) electrons. The van der Waals surface area contributed by atoms with Gasteiger partial charge in [0, 0.05) is 17.1 Å². The van der Waals surface area contributed by atoms with Crippen LogP contribution in [0.5, 0.6) is 0 Å². The van der Waals surface area contributed by atoms with E-state index in [1.54, 1.807) is 24.1 Å². The third-order valence-electron chi connectivity index (χ3n) is 3.20. The van der Waals surface area contributed by atoms with E-state index in [0.717, 1.165) is 13.1 Å². The Morgan fingerprint density at radius 2 is 1.95 bits per heavy atom. The summed E-state index contributed by atoms with van der Waals surface area (Å²) in [5, 5.41) is 1.13. The number of hydrogen-bond donors (Lipinski definition) is 0. The molecular weight excluding hydrogens is 461 g/mol. The van der Waals surface area contributed by atoms with Gasteiger partial charge in [0.1, 0.15) is 0 Å². The minimum atomic E-state index is -0.159. The fraction of sp³-hybridized carbons (Fsp3) is 0.214. The first-order chi connectivity index (χ1) is 9.81. The molecule has 112 valence electrons. The van der Waals surface area contributed by atoms with E-state index in [-0.39, 0.29) is 11.9 Å². The number of thiophene rings is 1. The van der Waals surface area contributed by atoms with Gasteiger partial charge in [-0.05, 0) is 62.5 Å². The second kappa shape index (κ2) is 7.01. The Morgan fingerprint density at radius 1 is 1.29 bits per heavy atom. The molecule has 1 unspecified atom stereocenters. The van der Waals surface area contributed by atoms with Crippen LogP contribution < -0.4 is 0 Å². The summed E-state index contributed by atoms with van der Waals surface area (Å²) in [7, 11) is 1.76. The molecule has 1 heterocycles. The molecule has 2 rings (SSSR count). The maximum Gasteiger partial charge on any atom is 0.256 e. The van der Waals surface area contributed by atoms with Crippen LogP contribution in [0.25, 0.3) is 0 Å².